The van der Waals surface area contributed by atoms with Crippen molar-refractivity contribution in [1.29, 1.82) is 0 Å². The lowest BCUT2D eigenvalue weighted by atomic mass is 9.97. The van der Waals surface area contributed by atoms with Crippen LogP contribution in [0.4, 0.5) is 0 Å². The fourth-order valence-electron chi connectivity index (χ4n) is 14.2. The first-order valence-electron chi connectivity index (χ1n) is 35.1. The Balaban J connectivity index is 0.000000149. The second kappa shape index (κ2) is 27.6. The summed E-state index contributed by atoms with van der Waals surface area (Å²) in [4.78, 5) is 29.8. The molecule has 4 aromatic heterocycles. The van der Waals surface area contributed by atoms with Crippen LogP contribution in [-0.4, -0.2) is 29.9 Å². The number of rotatable bonds is 12. The lowest BCUT2D eigenvalue weighted by molar-refractivity contribution is 1.18. The van der Waals surface area contributed by atoms with Crippen LogP contribution in [0.5, 0.6) is 0 Å². The van der Waals surface area contributed by atoms with Crippen molar-refractivity contribution in [2.45, 2.75) is 0 Å². The molecule has 0 atom stereocenters. The van der Waals surface area contributed by atoms with Gasteiger partial charge < -0.3 is 0 Å². The summed E-state index contributed by atoms with van der Waals surface area (Å²) in [6.07, 6.45) is 7.72. The third kappa shape index (κ3) is 12.8. The van der Waals surface area contributed by atoms with E-state index >= 15 is 0 Å². The van der Waals surface area contributed by atoms with Crippen molar-refractivity contribution in [2.75, 3.05) is 0 Å². The van der Waals surface area contributed by atoms with Crippen molar-refractivity contribution in [3.63, 3.8) is 0 Å². The molecule has 0 N–H and O–H groups in total. The lowest BCUT2D eigenvalue weighted by Gasteiger charge is -2.12. The fourth-order valence-corrected chi connectivity index (χ4v) is 14.2. The van der Waals surface area contributed by atoms with E-state index in [0.29, 0.717) is 11.6 Å². The molecular weight excluding hydrogens is 1260 g/mol. The molecule has 0 fully saturated rings. The van der Waals surface area contributed by atoms with Crippen molar-refractivity contribution >= 4 is 53.9 Å². The van der Waals surface area contributed by atoms with Crippen LogP contribution in [0.25, 0.3) is 188 Å². The Kier molecular flexibility index (Phi) is 16.6. The summed E-state index contributed by atoms with van der Waals surface area (Å²) >= 11 is 0. The molecule has 0 aliphatic heterocycles. The quantitative estimate of drug-likeness (QED) is 0.121. The number of hydrogen-bond acceptors (Lipinski definition) is 6. The second-order valence-corrected chi connectivity index (χ2v) is 26.3. The van der Waals surface area contributed by atoms with Crippen molar-refractivity contribution in [3.05, 3.63) is 389 Å². The Hall–Kier alpha value is -13.9. The average molecular weight is 1330 g/mol. The highest BCUT2D eigenvalue weighted by Gasteiger charge is 2.17. The van der Waals surface area contributed by atoms with Gasteiger partial charge in [0.1, 0.15) is 0 Å². The number of pyridine rings is 2. The Morgan fingerprint density at radius 1 is 0.144 bits per heavy atom. The zero-order valence-corrected chi connectivity index (χ0v) is 56.6. The number of fused-ring (bicyclic) bond motifs is 5. The molecule has 486 valence electrons. The van der Waals surface area contributed by atoms with Crippen LogP contribution in [0.3, 0.4) is 0 Å². The van der Waals surface area contributed by atoms with Crippen LogP contribution < -0.4 is 0 Å². The third-order valence-corrected chi connectivity index (χ3v) is 19.7. The first kappa shape index (κ1) is 62.3. The van der Waals surface area contributed by atoms with Gasteiger partial charge in [0.2, 0.25) is 0 Å². The van der Waals surface area contributed by atoms with E-state index in [1.165, 1.54) is 59.8 Å². The van der Waals surface area contributed by atoms with Crippen molar-refractivity contribution in [3.8, 4) is 135 Å². The molecule has 0 radical (unpaired) electrons. The molecule has 0 spiro atoms. The number of benzene rings is 15. The molecule has 0 saturated heterocycles. The van der Waals surface area contributed by atoms with Crippen LogP contribution in [-0.2, 0) is 0 Å². The summed E-state index contributed by atoms with van der Waals surface area (Å²) in [5, 5.41) is 12.0. The first-order valence-corrected chi connectivity index (χ1v) is 35.1. The minimum atomic E-state index is 0.684. The van der Waals surface area contributed by atoms with Gasteiger partial charge in [0.15, 0.2) is 11.6 Å². The minimum Gasteiger partial charge on any atom is -0.263 e. The second-order valence-electron chi connectivity index (χ2n) is 26.3. The van der Waals surface area contributed by atoms with E-state index in [1.807, 2.05) is 36.9 Å². The third-order valence-electron chi connectivity index (χ3n) is 19.7. The summed E-state index contributed by atoms with van der Waals surface area (Å²) in [6, 6.07) is 128. The SMILES string of the molecule is c1cc(-c2ccc3ccccc3c2)cc(-c2cc(-c3ccc(-c4cncc5ccccc45)cc3)nc(-c3cccc(-c4ccc5ccccc5c4)c3)n2)c1.c1ccc(-c2cccc(-c3nc(-c4ccc(-c5ccc6ccccc6c5)cc4)cc(-c4ccc(-c5cncc6ccccc56)cc4)n3)c2)cc1. The van der Waals surface area contributed by atoms with Crippen LogP contribution in [0.15, 0.2) is 389 Å². The molecule has 0 unspecified atom stereocenters. The minimum absolute atomic E-state index is 0.684. The van der Waals surface area contributed by atoms with Crippen molar-refractivity contribution in [1.82, 2.24) is 29.9 Å². The highest BCUT2D eigenvalue weighted by atomic mass is 14.9. The Morgan fingerprint density at radius 3 is 0.837 bits per heavy atom. The summed E-state index contributed by atoms with van der Waals surface area (Å²) in [6.45, 7) is 0. The molecule has 104 heavy (non-hydrogen) atoms. The Labute approximate surface area is 603 Å². The van der Waals surface area contributed by atoms with Gasteiger partial charge in [-0.05, 0) is 147 Å². The molecule has 15 aromatic carbocycles. The van der Waals surface area contributed by atoms with E-state index in [0.717, 1.165) is 117 Å². The van der Waals surface area contributed by atoms with Crippen molar-refractivity contribution < 1.29 is 0 Å². The van der Waals surface area contributed by atoms with E-state index in [2.05, 4.69) is 362 Å². The molecule has 0 aliphatic carbocycles. The molecular formula is C98H64N6. The molecule has 0 amide bonds. The standard InChI is InChI=1S/C51H33N3.C47H31N3/c1-3-11-38-27-42(25-19-34(38)9-1)40-14-7-16-44(29-40)50-31-49(37-23-21-36(22-24-37)48-33-52-32-46-13-5-6-18-47(46)48)53-51(54-50)45-17-8-15-41(30-45)43-26-20-35-10-2-4-12-39(35)28-43;1-2-9-32(10-3-1)39-14-8-15-41(28-39)47-49-45(36-22-17-34(18-23-36)40-26-19-33-11-4-5-12-38(33)27-40)29-46(50-47)37-24-20-35(21-25-37)44-31-48-30-42-13-6-7-16-43(42)44/h1-33H;1-31H. The Bertz CT molecular complexity index is 6260. The normalized spacial score (nSPS) is 11.3. The molecule has 0 bridgehead atoms. The number of aromatic nitrogens is 6. The van der Waals surface area contributed by atoms with Gasteiger partial charge in [-0.15, -0.1) is 0 Å². The number of hydrogen-bond donors (Lipinski definition) is 0. The molecule has 4 heterocycles. The van der Waals surface area contributed by atoms with Gasteiger partial charge in [0.25, 0.3) is 0 Å². The molecule has 0 aliphatic rings. The molecule has 6 nitrogen and oxygen atoms in total. The van der Waals surface area contributed by atoms with Crippen LogP contribution >= 0.6 is 0 Å². The molecule has 19 rings (SSSR count). The van der Waals surface area contributed by atoms with Crippen LogP contribution in [0.2, 0.25) is 0 Å². The number of nitrogens with zero attached hydrogens (tertiary/aromatic N) is 6. The zero-order chi connectivity index (χ0) is 69.1. The van der Waals surface area contributed by atoms with Gasteiger partial charge in [-0.1, -0.05) is 315 Å². The monoisotopic (exact) mass is 1320 g/mol. The van der Waals surface area contributed by atoms with Crippen molar-refractivity contribution in [2.24, 2.45) is 0 Å². The zero-order valence-electron chi connectivity index (χ0n) is 56.6. The van der Waals surface area contributed by atoms with Gasteiger partial charge in [-0.2, -0.15) is 0 Å². The predicted octanol–water partition coefficient (Wildman–Crippen LogP) is 25.5. The van der Waals surface area contributed by atoms with Gasteiger partial charge in [0.05, 0.1) is 22.8 Å². The predicted molar refractivity (Wildman–Crippen MR) is 432 cm³/mol. The van der Waals surface area contributed by atoms with Gasteiger partial charge in [-0.25, -0.2) is 19.9 Å². The molecule has 0 saturated carbocycles. The van der Waals surface area contributed by atoms with E-state index in [1.54, 1.807) is 0 Å². The van der Waals surface area contributed by atoms with E-state index in [9.17, 15) is 0 Å². The largest absolute Gasteiger partial charge is 0.263 e. The van der Waals surface area contributed by atoms with E-state index < -0.39 is 0 Å². The van der Waals surface area contributed by atoms with Gasteiger partial charge in [-0.3, -0.25) is 9.97 Å². The van der Waals surface area contributed by atoms with E-state index in [-0.39, 0.29) is 0 Å². The van der Waals surface area contributed by atoms with Gasteiger partial charge >= 0.3 is 0 Å². The highest BCUT2D eigenvalue weighted by molar-refractivity contribution is 5.98. The summed E-state index contributed by atoms with van der Waals surface area (Å²) < 4.78 is 0. The fraction of sp³-hybridized carbons (Fsp3) is 0. The van der Waals surface area contributed by atoms with Crippen LogP contribution in [0.1, 0.15) is 0 Å². The maximum atomic E-state index is 5.25. The summed E-state index contributed by atoms with van der Waals surface area (Å²) in [7, 11) is 0. The smallest absolute Gasteiger partial charge is 0.160 e. The highest BCUT2D eigenvalue weighted by Crippen LogP contribution is 2.38. The summed E-state index contributed by atoms with van der Waals surface area (Å²) in [5.41, 5.74) is 23.3. The first-order chi connectivity index (χ1) is 51.5. The van der Waals surface area contributed by atoms with E-state index in [4.69, 9.17) is 19.9 Å². The lowest BCUT2D eigenvalue weighted by Crippen LogP contribution is -1.96. The van der Waals surface area contributed by atoms with Crippen LogP contribution in [0, 0.1) is 0 Å². The maximum absolute atomic E-state index is 5.25. The topological polar surface area (TPSA) is 77.3 Å². The molecule has 6 heteroatoms. The average Bonchev–Trinajstić information content (AvgIpc) is 0.681. The Morgan fingerprint density at radius 2 is 0.413 bits per heavy atom. The summed E-state index contributed by atoms with van der Waals surface area (Å²) in [5.74, 6) is 1.37. The van der Waals surface area contributed by atoms with Gasteiger partial charge in [0, 0.05) is 80.1 Å². The maximum Gasteiger partial charge on any atom is 0.160 e. The molecule has 19 aromatic rings.